The van der Waals surface area contributed by atoms with Crippen LogP contribution < -0.4 is 5.56 Å². The summed E-state index contributed by atoms with van der Waals surface area (Å²) in [5.41, 5.74) is 5.13. The molecular weight excluding hydrogens is 402 g/mol. The highest BCUT2D eigenvalue weighted by Gasteiger charge is 2.25. The molecule has 2 heterocycles. The first-order valence-corrected chi connectivity index (χ1v) is 11.0. The van der Waals surface area contributed by atoms with Gasteiger partial charge in [-0.3, -0.25) is 9.79 Å². The summed E-state index contributed by atoms with van der Waals surface area (Å²) in [5, 5.41) is 0. The number of aromatic nitrogens is 1. The molecule has 1 aliphatic heterocycles. The van der Waals surface area contributed by atoms with E-state index in [1.165, 1.54) is 12.1 Å². The predicted octanol–water partition coefficient (Wildman–Crippen LogP) is 5.50. The third-order valence-electron chi connectivity index (χ3n) is 5.32. The molecule has 30 heavy (non-hydrogen) atoms. The maximum absolute atomic E-state index is 14.7. The molecule has 2 aromatic carbocycles. The van der Waals surface area contributed by atoms with Crippen molar-refractivity contribution in [1.29, 1.82) is 0 Å². The normalized spacial score (nSPS) is 15.2. The van der Waals surface area contributed by atoms with E-state index in [9.17, 15) is 13.6 Å². The quantitative estimate of drug-likeness (QED) is 0.555. The van der Waals surface area contributed by atoms with Gasteiger partial charge in [-0.25, -0.2) is 8.78 Å². The van der Waals surface area contributed by atoms with Gasteiger partial charge in [0.1, 0.15) is 11.6 Å². The average Bonchev–Trinajstić information content (AvgIpc) is 2.82. The monoisotopic (exact) mass is 424 g/mol. The molecule has 0 bridgehead atoms. The Labute approximate surface area is 178 Å². The number of fused-ring (bicyclic) bond motifs is 3. The minimum absolute atomic E-state index is 0.119. The van der Waals surface area contributed by atoms with Gasteiger partial charge in [0.25, 0.3) is 5.56 Å². The van der Waals surface area contributed by atoms with Crippen molar-refractivity contribution < 1.29 is 8.78 Å². The van der Waals surface area contributed by atoms with Crippen molar-refractivity contribution in [2.24, 2.45) is 12.0 Å². The Morgan fingerprint density at radius 1 is 1.03 bits per heavy atom. The molecule has 154 valence electrons. The first-order valence-electron chi connectivity index (χ1n) is 9.84. The molecule has 1 aromatic heterocycles. The van der Waals surface area contributed by atoms with Crippen molar-refractivity contribution in [2.45, 2.75) is 25.6 Å². The Bertz CT molecular complexity index is 1220. The van der Waals surface area contributed by atoms with Gasteiger partial charge in [-0.05, 0) is 47.6 Å². The molecule has 0 saturated carbocycles. The number of halogens is 2. The van der Waals surface area contributed by atoms with Crippen LogP contribution in [-0.4, -0.2) is 16.0 Å². The number of pyridine rings is 1. The van der Waals surface area contributed by atoms with Crippen LogP contribution in [0, 0.1) is 11.6 Å². The average molecular weight is 425 g/mol. The molecule has 1 aliphatic rings. The summed E-state index contributed by atoms with van der Waals surface area (Å²) >= 11 is 1.82. The van der Waals surface area contributed by atoms with Crippen LogP contribution in [-0.2, 0) is 12.8 Å². The first-order chi connectivity index (χ1) is 14.4. The van der Waals surface area contributed by atoms with Crippen LogP contribution in [0.25, 0.3) is 11.1 Å². The lowest BCUT2D eigenvalue weighted by atomic mass is 9.91. The molecule has 0 radical (unpaired) electrons. The van der Waals surface area contributed by atoms with E-state index in [0.29, 0.717) is 5.71 Å². The highest BCUT2D eigenvalue weighted by molar-refractivity contribution is 7.98. The lowest BCUT2D eigenvalue weighted by Gasteiger charge is -2.15. The molecule has 0 N–H and O–H groups in total. The van der Waals surface area contributed by atoms with Crippen LogP contribution in [0.15, 0.2) is 58.4 Å². The highest BCUT2D eigenvalue weighted by Crippen LogP contribution is 2.38. The molecule has 0 aliphatic carbocycles. The van der Waals surface area contributed by atoms with E-state index in [1.807, 2.05) is 37.0 Å². The third kappa shape index (κ3) is 3.72. The summed E-state index contributed by atoms with van der Waals surface area (Å²) in [6.07, 6.45) is 1.82. The number of nitrogens with zero attached hydrogens (tertiary/aromatic N) is 2. The Morgan fingerprint density at radius 3 is 2.53 bits per heavy atom. The van der Waals surface area contributed by atoms with E-state index >= 15 is 0 Å². The van der Waals surface area contributed by atoms with Crippen LogP contribution in [0.2, 0.25) is 0 Å². The predicted molar refractivity (Wildman–Crippen MR) is 119 cm³/mol. The minimum atomic E-state index is -0.654. The number of hydrogen-bond donors (Lipinski definition) is 0. The van der Waals surface area contributed by atoms with Crippen LogP contribution >= 0.6 is 11.8 Å². The van der Waals surface area contributed by atoms with Gasteiger partial charge in [0.05, 0.1) is 11.8 Å². The molecule has 3 aromatic rings. The molecule has 6 heteroatoms. The maximum atomic E-state index is 14.7. The van der Waals surface area contributed by atoms with Gasteiger partial charge in [0.2, 0.25) is 0 Å². The summed E-state index contributed by atoms with van der Waals surface area (Å²) in [6.45, 7) is 4.00. The zero-order chi connectivity index (χ0) is 21.4. The number of hydrogen-bond acceptors (Lipinski definition) is 3. The van der Waals surface area contributed by atoms with Gasteiger partial charge in [0, 0.05) is 47.8 Å². The van der Waals surface area contributed by atoms with Crippen LogP contribution in [0.1, 0.15) is 42.1 Å². The second-order valence-corrected chi connectivity index (χ2v) is 8.66. The Balaban J connectivity index is 2.00. The summed E-state index contributed by atoms with van der Waals surface area (Å²) in [7, 11) is 1.72. The first kappa shape index (κ1) is 20.5. The summed E-state index contributed by atoms with van der Waals surface area (Å²) in [5.74, 6) is 0.584. The number of benzene rings is 2. The molecule has 0 unspecified atom stereocenters. The molecular formula is C24H22F2N2OS. The zero-order valence-corrected chi connectivity index (χ0v) is 17.9. The van der Waals surface area contributed by atoms with E-state index in [1.54, 1.807) is 17.7 Å². The van der Waals surface area contributed by atoms with Gasteiger partial charge in [-0.1, -0.05) is 19.1 Å². The smallest absolute Gasteiger partial charge is 0.250 e. The van der Waals surface area contributed by atoms with Crippen molar-refractivity contribution in [3.63, 3.8) is 0 Å². The molecule has 0 amide bonds. The van der Waals surface area contributed by atoms with Gasteiger partial charge in [0.15, 0.2) is 0 Å². The van der Waals surface area contributed by atoms with Crippen molar-refractivity contribution in [3.05, 3.63) is 92.9 Å². The fourth-order valence-electron chi connectivity index (χ4n) is 3.77. The second-order valence-electron chi connectivity index (χ2n) is 7.39. The fourth-order valence-corrected chi connectivity index (χ4v) is 4.39. The van der Waals surface area contributed by atoms with E-state index in [0.717, 1.165) is 45.4 Å². The lowest BCUT2D eigenvalue weighted by molar-refractivity contribution is 0.581. The molecule has 0 fully saturated rings. The lowest BCUT2D eigenvalue weighted by Crippen LogP contribution is -2.17. The van der Waals surface area contributed by atoms with Crippen LogP contribution in [0.4, 0.5) is 8.78 Å². The summed E-state index contributed by atoms with van der Waals surface area (Å²) < 4.78 is 29.8. The van der Waals surface area contributed by atoms with E-state index in [4.69, 9.17) is 4.99 Å². The fraction of sp³-hybridized carbons (Fsp3) is 0.250. The Hall–Kier alpha value is -2.73. The molecule has 4 rings (SSSR count). The van der Waals surface area contributed by atoms with E-state index < -0.39 is 11.6 Å². The molecule has 1 atom stereocenters. The van der Waals surface area contributed by atoms with Crippen molar-refractivity contribution >= 4 is 17.5 Å². The number of thioether (sulfide) groups is 1. The zero-order valence-electron chi connectivity index (χ0n) is 17.1. The minimum Gasteiger partial charge on any atom is -0.318 e. The second kappa shape index (κ2) is 8.19. The van der Waals surface area contributed by atoms with Crippen LogP contribution in [0.3, 0.4) is 0 Å². The van der Waals surface area contributed by atoms with Crippen molar-refractivity contribution in [1.82, 2.24) is 4.57 Å². The van der Waals surface area contributed by atoms with E-state index in [2.05, 4.69) is 13.0 Å². The van der Waals surface area contributed by atoms with Crippen molar-refractivity contribution in [2.75, 3.05) is 5.75 Å². The number of aliphatic imine (C=N–C) groups is 1. The third-order valence-corrected chi connectivity index (χ3v) is 6.27. The highest BCUT2D eigenvalue weighted by atomic mass is 32.2. The molecule has 3 nitrogen and oxygen atoms in total. The summed E-state index contributed by atoms with van der Waals surface area (Å²) in [6, 6.07) is 10.9. The maximum Gasteiger partial charge on any atom is 0.250 e. The Morgan fingerprint density at radius 2 is 1.80 bits per heavy atom. The van der Waals surface area contributed by atoms with Crippen molar-refractivity contribution in [3.8, 4) is 11.1 Å². The van der Waals surface area contributed by atoms with Crippen LogP contribution in [0.5, 0.6) is 0 Å². The number of rotatable bonds is 4. The van der Waals surface area contributed by atoms with E-state index in [-0.39, 0.29) is 17.2 Å². The summed E-state index contributed by atoms with van der Waals surface area (Å²) in [4.78, 5) is 17.1. The van der Waals surface area contributed by atoms with Gasteiger partial charge < -0.3 is 4.57 Å². The Kier molecular flexibility index (Phi) is 5.60. The van der Waals surface area contributed by atoms with Gasteiger partial charge in [-0.2, -0.15) is 11.8 Å². The molecule has 0 spiro atoms. The molecule has 0 saturated heterocycles. The largest absolute Gasteiger partial charge is 0.318 e. The topological polar surface area (TPSA) is 34.4 Å². The van der Waals surface area contributed by atoms with Gasteiger partial charge >= 0.3 is 0 Å². The van der Waals surface area contributed by atoms with Gasteiger partial charge in [-0.15, -0.1) is 0 Å². The SMILES string of the molecule is CCSCc1ccc2c(c1)-c1cn(C)c(=O)cc1[C@H](C)N=C2c1ccc(F)cc1F. The standard InChI is InChI=1S/C24H22F2N2OS/c1-4-30-13-15-5-7-17-20(9-15)21-12-28(3)23(29)11-19(21)14(2)27-24(17)18-8-6-16(25)10-22(18)26/h5-12,14H,4,13H2,1-3H3/t14-/m0/s1. The number of aryl methyl sites for hydroxylation is 1.